The number of benzene rings is 1. The molecule has 2 heterocycles. The minimum atomic E-state index is -0.143. The number of thiophene rings is 1. The first kappa shape index (κ1) is 16.2. The number of hydrogen-bond acceptors (Lipinski definition) is 7. The molecule has 1 aromatic carbocycles. The molecule has 3 rings (SSSR count). The van der Waals surface area contributed by atoms with Crippen molar-refractivity contribution >= 4 is 60.7 Å². The number of amides is 1. The highest BCUT2D eigenvalue weighted by Crippen LogP contribution is 2.27. The van der Waals surface area contributed by atoms with Gasteiger partial charge in [0, 0.05) is 17.0 Å². The maximum absolute atomic E-state index is 12.3. The summed E-state index contributed by atoms with van der Waals surface area (Å²) in [6.07, 6.45) is 0. The Balaban J connectivity index is 1.60. The molecule has 0 aliphatic carbocycles. The molecule has 0 bridgehead atoms. The second-order valence-corrected chi connectivity index (χ2v) is 8.09. The molecule has 5 nitrogen and oxygen atoms in total. The predicted molar refractivity (Wildman–Crippen MR) is 101 cm³/mol. The third-order valence-electron chi connectivity index (χ3n) is 3.02. The van der Waals surface area contributed by atoms with E-state index in [1.807, 2.05) is 42.1 Å². The lowest BCUT2D eigenvalue weighted by atomic mass is 10.2. The molecule has 0 saturated heterocycles. The molecule has 8 heteroatoms. The summed E-state index contributed by atoms with van der Waals surface area (Å²) in [6.45, 7) is 2.98. The highest BCUT2D eigenvalue weighted by molar-refractivity contribution is 7.99. The quantitative estimate of drug-likeness (QED) is 0.616. The fraction of sp³-hybridized carbons (Fsp3) is 0.267. The van der Waals surface area contributed by atoms with E-state index in [0.29, 0.717) is 10.0 Å². The predicted octanol–water partition coefficient (Wildman–Crippen LogP) is 4.17. The molecular weight excluding hydrogens is 348 g/mol. The van der Waals surface area contributed by atoms with Crippen LogP contribution < -0.4 is 10.6 Å². The normalized spacial score (nSPS) is 10.8. The van der Waals surface area contributed by atoms with Crippen LogP contribution in [0.5, 0.6) is 0 Å². The average Bonchev–Trinajstić information content (AvgIpc) is 3.18. The van der Waals surface area contributed by atoms with Crippen LogP contribution >= 0.6 is 34.4 Å². The van der Waals surface area contributed by atoms with Crippen LogP contribution in [0.1, 0.15) is 16.6 Å². The van der Waals surface area contributed by atoms with E-state index in [9.17, 15) is 4.79 Å². The lowest BCUT2D eigenvalue weighted by Gasteiger charge is -1.99. The molecule has 0 aliphatic rings. The van der Waals surface area contributed by atoms with Crippen LogP contribution in [0.3, 0.4) is 0 Å². The minimum absolute atomic E-state index is 0.143. The molecule has 0 atom stereocenters. The van der Waals surface area contributed by atoms with E-state index >= 15 is 0 Å². The van der Waals surface area contributed by atoms with Gasteiger partial charge in [0.25, 0.3) is 5.91 Å². The van der Waals surface area contributed by atoms with Crippen molar-refractivity contribution in [2.45, 2.75) is 6.92 Å². The SMILES string of the molecule is CCSCCNc1nnc(NC(=O)c2cc3ccccc3s2)s1. The Hall–Kier alpha value is -1.64. The molecule has 0 spiro atoms. The largest absolute Gasteiger partial charge is 0.359 e. The summed E-state index contributed by atoms with van der Waals surface area (Å²) < 4.78 is 1.10. The van der Waals surface area contributed by atoms with Gasteiger partial charge in [0.2, 0.25) is 10.3 Å². The number of anilines is 2. The number of nitrogens with zero attached hydrogens (tertiary/aromatic N) is 2. The standard InChI is InChI=1S/C15H16N4OS3/c1-2-21-8-7-16-14-18-19-15(23-14)17-13(20)12-9-10-5-3-4-6-11(10)22-12/h3-6,9H,2,7-8H2,1H3,(H,16,18)(H,17,19,20). The summed E-state index contributed by atoms with van der Waals surface area (Å²) in [5.74, 6) is 1.99. The second-order valence-electron chi connectivity index (χ2n) is 4.64. The Kier molecular flexibility index (Phi) is 5.47. The number of fused-ring (bicyclic) bond motifs is 1. The molecule has 0 radical (unpaired) electrons. The lowest BCUT2D eigenvalue weighted by molar-refractivity contribution is 0.103. The van der Waals surface area contributed by atoms with E-state index in [0.717, 1.165) is 33.3 Å². The molecule has 0 aliphatic heterocycles. The van der Waals surface area contributed by atoms with Gasteiger partial charge in [0.15, 0.2) is 0 Å². The molecule has 23 heavy (non-hydrogen) atoms. The van der Waals surface area contributed by atoms with E-state index in [2.05, 4.69) is 27.8 Å². The van der Waals surface area contributed by atoms with E-state index < -0.39 is 0 Å². The van der Waals surface area contributed by atoms with Crippen molar-refractivity contribution in [2.75, 3.05) is 28.7 Å². The van der Waals surface area contributed by atoms with E-state index in [1.165, 1.54) is 22.7 Å². The maximum atomic E-state index is 12.3. The molecular formula is C15H16N4OS3. The third kappa shape index (κ3) is 4.21. The maximum Gasteiger partial charge on any atom is 0.267 e. The van der Waals surface area contributed by atoms with E-state index in [4.69, 9.17) is 0 Å². The van der Waals surface area contributed by atoms with Gasteiger partial charge < -0.3 is 5.32 Å². The Morgan fingerprint density at radius 2 is 2.04 bits per heavy atom. The molecule has 3 aromatic rings. The first-order valence-electron chi connectivity index (χ1n) is 7.21. The van der Waals surface area contributed by atoms with Gasteiger partial charge in [-0.2, -0.15) is 11.8 Å². The molecule has 2 N–H and O–H groups in total. The first-order valence-corrected chi connectivity index (χ1v) is 10.00. The number of hydrogen-bond donors (Lipinski definition) is 2. The number of rotatable bonds is 7. The second kappa shape index (κ2) is 7.76. The Morgan fingerprint density at radius 1 is 1.22 bits per heavy atom. The summed E-state index contributed by atoms with van der Waals surface area (Å²) in [5, 5.41) is 16.4. The van der Waals surface area contributed by atoms with Crippen molar-refractivity contribution in [1.82, 2.24) is 10.2 Å². The number of carbonyl (C=O) groups excluding carboxylic acids is 1. The van der Waals surface area contributed by atoms with Gasteiger partial charge in [0.05, 0.1) is 4.88 Å². The molecule has 2 aromatic heterocycles. The summed E-state index contributed by atoms with van der Waals surface area (Å²) in [4.78, 5) is 13.0. The number of carbonyl (C=O) groups is 1. The van der Waals surface area contributed by atoms with Gasteiger partial charge >= 0.3 is 0 Å². The van der Waals surface area contributed by atoms with Crippen LogP contribution in [0.2, 0.25) is 0 Å². The fourth-order valence-electron chi connectivity index (χ4n) is 1.97. The summed E-state index contributed by atoms with van der Waals surface area (Å²) >= 11 is 4.70. The van der Waals surface area contributed by atoms with Crippen molar-refractivity contribution in [3.8, 4) is 0 Å². The average molecular weight is 365 g/mol. The van der Waals surface area contributed by atoms with Crippen LogP contribution in [0.4, 0.5) is 10.3 Å². The van der Waals surface area contributed by atoms with Crippen molar-refractivity contribution in [3.05, 3.63) is 35.2 Å². The van der Waals surface area contributed by atoms with Gasteiger partial charge in [-0.05, 0) is 23.3 Å². The van der Waals surface area contributed by atoms with Crippen LogP contribution in [-0.4, -0.2) is 34.2 Å². The third-order valence-corrected chi connectivity index (χ3v) is 5.83. The highest BCUT2D eigenvalue weighted by atomic mass is 32.2. The number of thioether (sulfide) groups is 1. The monoisotopic (exact) mass is 364 g/mol. The number of nitrogens with one attached hydrogen (secondary N) is 2. The van der Waals surface area contributed by atoms with Gasteiger partial charge in [-0.25, -0.2) is 0 Å². The summed E-state index contributed by atoms with van der Waals surface area (Å²) in [7, 11) is 0. The minimum Gasteiger partial charge on any atom is -0.359 e. The van der Waals surface area contributed by atoms with Crippen molar-refractivity contribution in [2.24, 2.45) is 0 Å². The molecule has 120 valence electrons. The molecule has 0 unspecified atom stereocenters. The Labute approximate surface area is 146 Å². The molecule has 0 saturated carbocycles. The van der Waals surface area contributed by atoms with Gasteiger partial charge in [0.1, 0.15) is 0 Å². The highest BCUT2D eigenvalue weighted by Gasteiger charge is 2.13. The van der Waals surface area contributed by atoms with Gasteiger partial charge in [-0.1, -0.05) is 36.5 Å². The Morgan fingerprint density at radius 3 is 2.87 bits per heavy atom. The van der Waals surface area contributed by atoms with E-state index in [-0.39, 0.29) is 5.91 Å². The Bertz CT molecular complexity index is 766. The summed E-state index contributed by atoms with van der Waals surface area (Å²) in [6, 6.07) is 9.86. The molecule has 1 amide bonds. The van der Waals surface area contributed by atoms with E-state index in [1.54, 1.807) is 0 Å². The fourth-order valence-corrected chi connectivity index (χ4v) is 4.13. The lowest BCUT2D eigenvalue weighted by Crippen LogP contribution is -2.09. The smallest absolute Gasteiger partial charge is 0.267 e. The van der Waals surface area contributed by atoms with Crippen LogP contribution in [0.15, 0.2) is 30.3 Å². The van der Waals surface area contributed by atoms with Crippen molar-refractivity contribution in [3.63, 3.8) is 0 Å². The van der Waals surface area contributed by atoms with Crippen LogP contribution in [0.25, 0.3) is 10.1 Å². The van der Waals surface area contributed by atoms with Gasteiger partial charge in [-0.15, -0.1) is 21.5 Å². The first-order chi connectivity index (χ1) is 11.3. The van der Waals surface area contributed by atoms with Crippen LogP contribution in [0, 0.1) is 0 Å². The van der Waals surface area contributed by atoms with Gasteiger partial charge in [-0.3, -0.25) is 10.1 Å². The molecule has 0 fully saturated rings. The van der Waals surface area contributed by atoms with Crippen LogP contribution in [-0.2, 0) is 0 Å². The summed E-state index contributed by atoms with van der Waals surface area (Å²) in [5.41, 5.74) is 0. The topological polar surface area (TPSA) is 66.9 Å². The zero-order valence-electron chi connectivity index (χ0n) is 12.5. The van der Waals surface area contributed by atoms with Crippen molar-refractivity contribution < 1.29 is 4.79 Å². The van der Waals surface area contributed by atoms with Crippen molar-refractivity contribution in [1.29, 1.82) is 0 Å². The zero-order valence-corrected chi connectivity index (χ0v) is 15.0. The number of aromatic nitrogens is 2. The zero-order chi connectivity index (χ0) is 16.1.